The first-order valence-electron chi connectivity index (χ1n) is 7.28. The second-order valence-corrected chi connectivity index (χ2v) is 5.60. The second kappa shape index (κ2) is 6.67. The lowest BCUT2D eigenvalue weighted by Gasteiger charge is -2.20. The predicted molar refractivity (Wildman–Crippen MR) is 85.0 cm³/mol. The number of benzene rings is 1. The molecule has 0 spiro atoms. The van der Waals surface area contributed by atoms with Gasteiger partial charge in [-0.25, -0.2) is 0 Å². The largest absolute Gasteiger partial charge is 0.310 e. The van der Waals surface area contributed by atoms with Crippen molar-refractivity contribution >= 4 is 0 Å². The Hall–Kier alpha value is -1.67. The molecule has 0 aliphatic carbocycles. The van der Waals surface area contributed by atoms with Crippen molar-refractivity contribution in [1.29, 1.82) is 0 Å². The first-order chi connectivity index (χ1) is 9.58. The molecule has 0 aliphatic rings. The highest BCUT2D eigenvalue weighted by molar-refractivity contribution is 5.39. The van der Waals surface area contributed by atoms with Gasteiger partial charge in [0.1, 0.15) is 0 Å². The van der Waals surface area contributed by atoms with Crippen molar-refractivity contribution in [3.8, 4) is 0 Å². The van der Waals surface area contributed by atoms with Gasteiger partial charge in [-0.1, -0.05) is 23.8 Å². The van der Waals surface area contributed by atoms with Crippen molar-refractivity contribution < 1.29 is 0 Å². The zero-order chi connectivity index (χ0) is 14.5. The third-order valence-corrected chi connectivity index (χ3v) is 3.76. The lowest BCUT2D eigenvalue weighted by Crippen LogP contribution is -2.23. The zero-order valence-corrected chi connectivity index (χ0v) is 12.9. The summed E-state index contributed by atoms with van der Waals surface area (Å²) in [6.07, 6.45) is 4.77. The van der Waals surface area contributed by atoms with Crippen LogP contribution in [0.25, 0.3) is 0 Å². The van der Waals surface area contributed by atoms with Crippen LogP contribution in [0.2, 0.25) is 0 Å². The van der Waals surface area contributed by atoms with Crippen LogP contribution in [0.3, 0.4) is 0 Å². The molecule has 0 saturated carbocycles. The molecule has 1 N–H and O–H groups in total. The van der Waals surface area contributed by atoms with Gasteiger partial charge in [0, 0.05) is 18.4 Å². The number of aryl methyl sites for hydroxylation is 3. The van der Waals surface area contributed by atoms with E-state index in [1.54, 1.807) is 0 Å². The van der Waals surface area contributed by atoms with Crippen molar-refractivity contribution in [2.45, 2.75) is 40.2 Å². The maximum absolute atomic E-state index is 4.15. The van der Waals surface area contributed by atoms with Crippen molar-refractivity contribution in [3.05, 3.63) is 64.5 Å². The fourth-order valence-electron chi connectivity index (χ4n) is 2.96. The van der Waals surface area contributed by atoms with Crippen LogP contribution in [0, 0.1) is 20.8 Å². The SMILES string of the molecule is Cc1cc(C)c(C(C)NCCc2cccnc2)c(C)c1. The van der Waals surface area contributed by atoms with Crippen molar-refractivity contribution in [2.24, 2.45) is 0 Å². The van der Waals surface area contributed by atoms with Gasteiger partial charge in [0.2, 0.25) is 0 Å². The van der Waals surface area contributed by atoms with E-state index in [0.29, 0.717) is 6.04 Å². The van der Waals surface area contributed by atoms with E-state index in [2.05, 4.69) is 56.2 Å². The molecule has 1 aromatic heterocycles. The summed E-state index contributed by atoms with van der Waals surface area (Å²) < 4.78 is 0. The summed E-state index contributed by atoms with van der Waals surface area (Å²) in [4.78, 5) is 4.15. The van der Waals surface area contributed by atoms with E-state index in [4.69, 9.17) is 0 Å². The Morgan fingerprint density at radius 1 is 1.15 bits per heavy atom. The first-order valence-corrected chi connectivity index (χ1v) is 7.28. The number of pyridine rings is 1. The van der Waals surface area contributed by atoms with E-state index < -0.39 is 0 Å². The molecule has 1 aromatic carbocycles. The molecule has 0 aliphatic heterocycles. The molecule has 0 radical (unpaired) electrons. The molecule has 0 amide bonds. The van der Waals surface area contributed by atoms with Crippen LogP contribution in [0.1, 0.15) is 40.8 Å². The lowest BCUT2D eigenvalue weighted by atomic mass is 9.95. The van der Waals surface area contributed by atoms with E-state index >= 15 is 0 Å². The summed E-state index contributed by atoms with van der Waals surface area (Å²) in [6.45, 7) is 9.78. The van der Waals surface area contributed by atoms with Crippen molar-refractivity contribution in [3.63, 3.8) is 0 Å². The van der Waals surface area contributed by atoms with Gasteiger partial charge >= 0.3 is 0 Å². The summed E-state index contributed by atoms with van der Waals surface area (Å²) in [5.41, 5.74) is 6.81. The quantitative estimate of drug-likeness (QED) is 0.889. The second-order valence-electron chi connectivity index (χ2n) is 5.60. The molecule has 1 unspecified atom stereocenters. The summed E-state index contributed by atoms with van der Waals surface area (Å²) in [6, 6.07) is 9.03. The van der Waals surface area contributed by atoms with Gasteiger partial charge in [-0.05, 0) is 69.0 Å². The summed E-state index contributed by atoms with van der Waals surface area (Å²) >= 11 is 0. The molecule has 2 nitrogen and oxygen atoms in total. The van der Waals surface area contributed by atoms with Crippen LogP contribution in [0.5, 0.6) is 0 Å². The number of aromatic nitrogens is 1. The van der Waals surface area contributed by atoms with Crippen LogP contribution in [-0.2, 0) is 6.42 Å². The molecule has 0 bridgehead atoms. The molecule has 0 saturated heterocycles. The van der Waals surface area contributed by atoms with E-state index in [1.807, 2.05) is 18.5 Å². The van der Waals surface area contributed by atoms with Crippen molar-refractivity contribution in [2.75, 3.05) is 6.54 Å². The number of nitrogens with one attached hydrogen (secondary N) is 1. The van der Waals surface area contributed by atoms with Crippen LogP contribution in [0.4, 0.5) is 0 Å². The summed E-state index contributed by atoms with van der Waals surface area (Å²) in [7, 11) is 0. The fourth-order valence-corrected chi connectivity index (χ4v) is 2.96. The van der Waals surface area contributed by atoms with E-state index in [-0.39, 0.29) is 0 Å². The molecule has 106 valence electrons. The van der Waals surface area contributed by atoms with Crippen LogP contribution >= 0.6 is 0 Å². The topological polar surface area (TPSA) is 24.9 Å². The zero-order valence-electron chi connectivity index (χ0n) is 12.9. The molecular formula is C18H24N2. The Morgan fingerprint density at radius 3 is 2.45 bits per heavy atom. The highest BCUT2D eigenvalue weighted by Gasteiger charge is 2.11. The molecule has 1 atom stereocenters. The monoisotopic (exact) mass is 268 g/mol. The normalized spacial score (nSPS) is 12.4. The number of hydrogen-bond acceptors (Lipinski definition) is 2. The first kappa shape index (κ1) is 14.7. The Bertz CT molecular complexity index is 538. The van der Waals surface area contributed by atoms with Gasteiger partial charge in [0.15, 0.2) is 0 Å². The third kappa shape index (κ3) is 3.67. The Labute approximate surface area is 122 Å². The van der Waals surface area contributed by atoms with Crippen molar-refractivity contribution in [1.82, 2.24) is 10.3 Å². The van der Waals surface area contributed by atoms with Gasteiger partial charge in [0.05, 0.1) is 0 Å². The molecular weight excluding hydrogens is 244 g/mol. The van der Waals surface area contributed by atoms with Gasteiger partial charge in [-0.2, -0.15) is 0 Å². The number of hydrogen-bond donors (Lipinski definition) is 1. The average Bonchev–Trinajstić information content (AvgIpc) is 2.38. The minimum atomic E-state index is 0.382. The standard InChI is InChI=1S/C18H24N2/c1-13-10-14(2)18(15(3)11-13)16(4)20-9-7-17-6-5-8-19-12-17/h5-6,8,10-12,16,20H,7,9H2,1-4H3. The van der Waals surface area contributed by atoms with Crippen LogP contribution < -0.4 is 5.32 Å². The highest BCUT2D eigenvalue weighted by atomic mass is 14.9. The molecule has 2 heteroatoms. The Morgan fingerprint density at radius 2 is 1.85 bits per heavy atom. The van der Waals surface area contributed by atoms with Crippen LogP contribution in [0.15, 0.2) is 36.7 Å². The molecule has 2 aromatic rings. The maximum Gasteiger partial charge on any atom is 0.0300 e. The summed E-state index contributed by atoms with van der Waals surface area (Å²) in [5, 5.41) is 3.62. The minimum Gasteiger partial charge on any atom is -0.310 e. The molecule has 1 heterocycles. The number of rotatable bonds is 5. The average molecular weight is 268 g/mol. The van der Waals surface area contributed by atoms with Gasteiger partial charge < -0.3 is 5.32 Å². The molecule has 20 heavy (non-hydrogen) atoms. The number of nitrogens with zero attached hydrogens (tertiary/aromatic N) is 1. The predicted octanol–water partition coefficient (Wildman–Crippen LogP) is 3.90. The van der Waals surface area contributed by atoms with Gasteiger partial charge in [-0.15, -0.1) is 0 Å². The lowest BCUT2D eigenvalue weighted by molar-refractivity contribution is 0.571. The molecule has 0 fully saturated rings. The van der Waals surface area contributed by atoms with Crippen LogP contribution in [-0.4, -0.2) is 11.5 Å². The highest BCUT2D eigenvalue weighted by Crippen LogP contribution is 2.23. The minimum absolute atomic E-state index is 0.382. The van der Waals surface area contributed by atoms with Gasteiger partial charge in [-0.3, -0.25) is 4.98 Å². The van der Waals surface area contributed by atoms with E-state index in [0.717, 1.165) is 13.0 Å². The molecule has 2 rings (SSSR count). The summed E-state index contributed by atoms with van der Waals surface area (Å²) in [5.74, 6) is 0. The Balaban J connectivity index is 1.97. The van der Waals surface area contributed by atoms with E-state index in [9.17, 15) is 0 Å². The third-order valence-electron chi connectivity index (χ3n) is 3.76. The fraction of sp³-hybridized carbons (Fsp3) is 0.389. The van der Waals surface area contributed by atoms with E-state index in [1.165, 1.54) is 27.8 Å². The smallest absolute Gasteiger partial charge is 0.0300 e. The Kier molecular flexibility index (Phi) is 4.91. The maximum atomic E-state index is 4.15. The van der Waals surface area contributed by atoms with Gasteiger partial charge in [0.25, 0.3) is 0 Å².